The lowest BCUT2D eigenvalue weighted by molar-refractivity contribution is -0.0298. The van der Waals surface area contributed by atoms with Crippen LogP contribution in [-0.4, -0.2) is 95.1 Å². The van der Waals surface area contributed by atoms with Crippen LogP contribution in [0.4, 0.5) is 10.5 Å². The maximum Gasteiger partial charge on any atom is 0.409 e. The van der Waals surface area contributed by atoms with Crippen LogP contribution in [0.5, 0.6) is 23.0 Å². The van der Waals surface area contributed by atoms with Crippen molar-refractivity contribution >= 4 is 29.0 Å². The second kappa shape index (κ2) is 16.2. The van der Waals surface area contributed by atoms with E-state index < -0.39 is 29.6 Å². The first kappa shape index (κ1) is 34.3. The fourth-order valence-corrected chi connectivity index (χ4v) is 5.65. The summed E-state index contributed by atoms with van der Waals surface area (Å²) in [4.78, 5) is 29.2. The van der Waals surface area contributed by atoms with E-state index in [1.165, 1.54) is 35.3 Å². The van der Waals surface area contributed by atoms with E-state index in [-0.39, 0.29) is 80.4 Å². The number of nitrogens with zero attached hydrogens (tertiary/aromatic N) is 3. The third-order valence-corrected chi connectivity index (χ3v) is 8.07. The lowest BCUT2D eigenvalue weighted by atomic mass is 10.1. The number of rotatable bonds is 13. The molecule has 2 unspecified atom stereocenters. The van der Waals surface area contributed by atoms with Gasteiger partial charge in [-0.15, -0.1) is 0 Å². The van der Waals surface area contributed by atoms with Crippen LogP contribution in [0.3, 0.4) is 0 Å². The molecule has 48 heavy (non-hydrogen) atoms. The molecular formula is C33H36N3O11S-. The molecule has 0 spiro atoms. The van der Waals surface area contributed by atoms with Crippen LogP contribution in [0.1, 0.15) is 22.8 Å². The number of aliphatic hydroxyl groups excluding tert-OH is 1. The zero-order valence-electron chi connectivity index (χ0n) is 26.4. The summed E-state index contributed by atoms with van der Waals surface area (Å²) < 4.78 is 61.0. The molecule has 2 aliphatic rings. The van der Waals surface area contributed by atoms with Gasteiger partial charge in [0.25, 0.3) is 5.91 Å². The number of amides is 2. The van der Waals surface area contributed by atoms with E-state index in [4.69, 9.17) is 28.4 Å². The van der Waals surface area contributed by atoms with E-state index in [0.29, 0.717) is 12.2 Å². The van der Waals surface area contributed by atoms with Crippen LogP contribution in [-0.2, 0) is 31.9 Å². The van der Waals surface area contributed by atoms with Gasteiger partial charge in [-0.25, -0.2) is 9.10 Å². The van der Waals surface area contributed by atoms with Crippen molar-refractivity contribution in [2.45, 2.75) is 19.6 Å². The number of para-hydroxylation sites is 2. The van der Waals surface area contributed by atoms with Crippen molar-refractivity contribution in [3.05, 3.63) is 90.0 Å². The maximum atomic E-state index is 13.9. The Hall–Kier alpha value is -4.99. The first-order valence-corrected chi connectivity index (χ1v) is 16.2. The van der Waals surface area contributed by atoms with Crippen molar-refractivity contribution < 1.29 is 51.9 Å². The predicted octanol–water partition coefficient (Wildman–Crippen LogP) is 3.79. The molecule has 0 aromatic heterocycles. The number of anilines is 1. The van der Waals surface area contributed by atoms with Gasteiger partial charge in [0.2, 0.25) is 12.2 Å². The topological polar surface area (TPSA) is 160 Å². The first-order chi connectivity index (χ1) is 23.3. The second-order valence-corrected chi connectivity index (χ2v) is 11.3. The van der Waals surface area contributed by atoms with Crippen molar-refractivity contribution in [2.75, 3.05) is 57.4 Å². The molecule has 5 rings (SSSR count). The molecular weight excluding hydrogens is 646 g/mol. The smallest absolute Gasteiger partial charge is 0.409 e. The molecule has 0 radical (unpaired) electrons. The molecule has 1 saturated heterocycles. The van der Waals surface area contributed by atoms with Gasteiger partial charge < -0.3 is 47.9 Å². The Bertz CT molecular complexity index is 1630. The number of ether oxygens (including phenoxy) is 6. The summed E-state index contributed by atoms with van der Waals surface area (Å²) in [5, 5.41) is 9.61. The molecule has 15 heteroatoms. The highest BCUT2D eigenvalue weighted by Gasteiger charge is 2.33. The number of methoxy groups -OCH3 is 1. The van der Waals surface area contributed by atoms with E-state index in [2.05, 4.69) is 0 Å². The number of carbonyl (C=O) groups is 2. The number of hydrogen-bond donors (Lipinski definition) is 1. The summed E-state index contributed by atoms with van der Waals surface area (Å²) in [7, 11) is 1.45. The SMILES string of the molecule is CCOC(=O)N1CCN(C(=O)c2cc(OCCO)c(Oc3ccccc3OC)c(N(C3=COC(Cc4ccccc4)O3)S(=O)[O-])c2)CC1. The molecule has 3 aromatic rings. The summed E-state index contributed by atoms with van der Waals surface area (Å²) >= 11 is -3.02. The van der Waals surface area contributed by atoms with Crippen molar-refractivity contribution in [2.24, 2.45) is 0 Å². The summed E-state index contributed by atoms with van der Waals surface area (Å²) in [5.74, 6) is -0.203. The van der Waals surface area contributed by atoms with E-state index in [9.17, 15) is 23.5 Å². The van der Waals surface area contributed by atoms with Crippen LogP contribution in [0.25, 0.3) is 0 Å². The molecule has 0 aliphatic carbocycles. The Balaban J connectivity index is 1.54. The van der Waals surface area contributed by atoms with Gasteiger partial charge in [-0.3, -0.25) is 9.00 Å². The van der Waals surface area contributed by atoms with Crippen LogP contribution in [0, 0.1) is 0 Å². The van der Waals surface area contributed by atoms with E-state index in [1.54, 1.807) is 31.2 Å². The molecule has 1 fully saturated rings. The van der Waals surface area contributed by atoms with Gasteiger partial charge in [0, 0.05) is 38.2 Å². The molecule has 2 atom stereocenters. The first-order valence-electron chi connectivity index (χ1n) is 15.2. The normalized spacial score (nSPS) is 16.2. The highest BCUT2D eigenvalue weighted by Crippen LogP contribution is 2.46. The van der Waals surface area contributed by atoms with Crippen LogP contribution >= 0.6 is 0 Å². The Morgan fingerprint density at radius 2 is 1.69 bits per heavy atom. The summed E-state index contributed by atoms with van der Waals surface area (Å²) in [6.45, 7) is 2.29. The molecule has 3 aromatic carbocycles. The van der Waals surface area contributed by atoms with Gasteiger partial charge in [-0.05, 0) is 36.8 Å². The number of carbonyl (C=O) groups excluding carboxylic acids is 2. The second-order valence-electron chi connectivity index (χ2n) is 10.5. The average molecular weight is 683 g/mol. The molecule has 1 N–H and O–H groups in total. The lowest BCUT2D eigenvalue weighted by Gasteiger charge is -2.34. The van der Waals surface area contributed by atoms with Gasteiger partial charge in [0.05, 0.1) is 31.6 Å². The summed E-state index contributed by atoms with van der Waals surface area (Å²) in [6, 6.07) is 18.9. The molecule has 2 heterocycles. The van der Waals surface area contributed by atoms with Gasteiger partial charge >= 0.3 is 6.09 Å². The third-order valence-electron chi connectivity index (χ3n) is 7.39. The Kier molecular flexibility index (Phi) is 11.6. The highest BCUT2D eigenvalue weighted by atomic mass is 32.2. The van der Waals surface area contributed by atoms with Crippen LogP contribution in [0.2, 0.25) is 0 Å². The molecule has 0 saturated carbocycles. The molecule has 0 bridgehead atoms. The Morgan fingerprint density at radius 1 is 1.00 bits per heavy atom. The molecule has 2 aliphatic heterocycles. The third kappa shape index (κ3) is 8.10. The van der Waals surface area contributed by atoms with E-state index in [0.717, 1.165) is 9.87 Å². The van der Waals surface area contributed by atoms with Crippen molar-refractivity contribution in [1.29, 1.82) is 0 Å². The fraction of sp³-hybridized carbons (Fsp3) is 0.333. The summed E-state index contributed by atoms with van der Waals surface area (Å²) in [6.07, 6.45) is 0.202. The minimum atomic E-state index is -3.02. The van der Waals surface area contributed by atoms with Crippen molar-refractivity contribution in [3.63, 3.8) is 0 Å². The monoisotopic (exact) mass is 682 g/mol. The van der Waals surface area contributed by atoms with Crippen molar-refractivity contribution in [3.8, 4) is 23.0 Å². The summed E-state index contributed by atoms with van der Waals surface area (Å²) in [5.41, 5.74) is 0.835. The van der Waals surface area contributed by atoms with Crippen LogP contribution in [0.15, 0.2) is 78.9 Å². The van der Waals surface area contributed by atoms with Gasteiger partial charge in [-0.2, -0.15) is 0 Å². The van der Waals surface area contributed by atoms with E-state index in [1.807, 2.05) is 30.3 Å². The van der Waals surface area contributed by atoms with Gasteiger partial charge in [0.15, 0.2) is 23.0 Å². The quantitative estimate of drug-likeness (QED) is 0.262. The zero-order valence-corrected chi connectivity index (χ0v) is 27.3. The van der Waals surface area contributed by atoms with E-state index >= 15 is 0 Å². The number of benzene rings is 3. The minimum Gasteiger partial charge on any atom is -0.755 e. The highest BCUT2D eigenvalue weighted by molar-refractivity contribution is 7.80. The maximum absolute atomic E-state index is 13.9. The number of hydrogen-bond acceptors (Lipinski definition) is 11. The largest absolute Gasteiger partial charge is 0.755 e. The molecule has 256 valence electrons. The van der Waals surface area contributed by atoms with Gasteiger partial charge in [0.1, 0.15) is 18.6 Å². The fourth-order valence-electron chi connectivity index (χ4n) is 5.12. The predicted molar refractivity (Wildman–Crippen MR) is 172 cm³/mol. The molecule has 2 amide bonds. The average Bonchev–Trinajstić information content (AvgIpc) is 3.56. The standard InChI is InChI=1S/C33H37N3O11S/c1-3-43-33(39)35-15-13-34(14-16-35)32(38)24-20-25(31(28(21-24)44-18-17-37)46-27-12-8-7-11-26(27)42-2)36(48(40)41)29-22-45-30(47-29)19-23-9-5-4-6-10-23/h4-12,20-22,30,37H,3,13-19H2,1-2H3,(H,40,41)/p-1. The Morgan fingerprint density at radius 3 is 2.35 bits per heavy atom. The number of aliphatic hydroxyl groups is 1. The lowest BCUT2D eigenvalue weighted by Crippen LogP contribution is -2.50. The van der Waals surface area contributed by atoms with Crippen molar-refractivity contribution in [1.82, 2.24) is 9.80 Å². The molecule has 14 nitrogen and oxygen atoms in total. The van der Waals surface area contributed by atoms with Gasteiger partial charge in [-0.1, -0.05) is 42.5 Å². The number of piperazine rings is 1. The zero-order chi connectivity index (χ0) is 34.0. The van der Waals surface area contributed by atoms with Crippen LogP contribution < -0.4 is 18.5 Å². The minimum absolute atomic E-state index is 0.0308. The Labute approximate surface area is 280 Å².